The largest absolute Gasteiger partial charge is 0.357 e. The molecule has 152 valence electrons. The van der Waals surface area contributed by atoms with Gasteiger partial charge >= 0.3 is 0 Å². The maximum atomic E-state index is 11.4. The van der Waals surface area contributed by atoms with Gasteiger partial charge in [-0.3, -0.25) is 0 Å². The van der Waals surface area contributed by atoms with Gasteiger partial charge in [-0.2, -0.15) is 0 Å². The third kappa shape index (κ3) is 7.34. The molecule has 0 fully saturated rings. The van der Waals surface area contributed by atoms with Crippen LogP contribution in [0.5, 0.6) is 0 Å². The highest BCUT2D eigenvalue weighted by Gasteiger charge is 2.12. The fourth-order valence-corrected chi connectivity index (χ4v) is 4.04. The number of guanidine groups is 1. The summed E-state index contributed by atoms with van der Waals surface area (Å²) in [6.45, 7) is 5.19. The van der Waals surface area contributed by atoms with Crippen LogP contribution in [0.3, 0.4) is 0 Å². The Kier molecular flexibility index (Phi) is 8.16. The minimum atomic E-state index is -3.04. The molecule has 0 aliphatic rings. The molecule has 0 saturated heterocycles. The monoisotopic (exact) mass is 441 g/mol. The Morgan fingerprint density at radius 2 is 1.75 bits per heavy atom. The second-order valence-electron chi connectivity index (χ2n) is 6.61. The number of nitrogens with zero attached hydrogens (tertiary/aromatic N) is 1. The van der Waals surface area contributed by atoms with E-state index < -0.39 is 9.84 Å². The summed E-state index contributed by atoms with van der Waals surface area (Å²) < 4.78 is 22.8. The van der Waals surface area contributed by atoms with Crippen molar-refractivity contribution in [1.29, 1.82) is 0 Å². The lowest BCUT2D eigenvalue weighted by Gasteiger charge is -2.19. The fourth-order valence-electron chi connectivity index (χ4n) is 2.67. The van der Waals surface area contributed by atoms with Gasteiger partial charge < -0.3 is 10.6 Å². The molecule has 0 aliphatic heterocycles. The minimum absolute atomic E-state index is 0.0418. The van der Waals surface area contributed by atoms with Gasteiger partial charge in [0.1, 0.15) is 0 Å². The van der Waals surface area contributed by atoms with Crippen molar-refractivity contribution in [2.75, 3.05) is 12.8 Å². The van der Waals surface area contributed by atoms with E-state index in [4.69, 9.17) is 23.2 Å². The number of rotatable bonds is 7. The van der Waals surface area contributed by atoms with Crippen LogP contribution in [0.1, 0.15) is 36.6 Å². The van der Waals surface area contributed by atoms with Crippen molar-refractivity contribution in [3.8, 4) is 0 Å². The normalized spacial score (nSPS) is 13.2. The lowest BCUT2D eigenvalue weighted by atomic mass is 10.1. The topological polar surface area (TPSA) is 70.6 Å². The molecule has 0 saturated carbocycles. The molecule has 2 aromatic carbocycles. The molecule has 0 radical (unpaired) electrons. The van der Waals surface area contributed by atoms with Crippen molar-refractivity contribution in [2.45, 2.75) is 32.2 Å². The molecular formula is C20H25Cl2N3O2S. The quantitative estimate of drug-likeness (QED) is 0.494. The number of nitrogens with one attached hydrogen (secondary N) is 2. The van der Waals surface area contributed by atoms with Crippen LogP contribution in [0.4, 0.5) is 0 Å². The maximum absolute atomic E-state index is 11.4. The van der Waals surface area contributed by atoms with Crippen LogP contribution in [-0.4, -0.2) is 27.2 Å². The predicted octanol–water partition coefficient (Wildman–Crippen LogP) is 4.35. The molecule has 5 nitrogen and oxygen atoms in total. The molecule has 0 aliphatic carbocycles. The number of hydrogen-bond acceptors (Lipinski definition) is 3. The second kappa shape index (κ2) is 10.1. The molecule has 0 bridgehead atoms. The van der Waals surface area contributed by atoms with E-state index >= 15 is 0 Å². The lowest BCUT2D eigenvalue weighted by Crippen LogP contribution is -2.38. The summed E-state index contributed by atoms with van der Waals surface area (Å²) in [6.07, 6.45) is 1.23. The van der Waals surface area contributed by atoms with Crippen LogP contribution in [0.2, 0.25) is 10.0 Å². The molecule has 8 heteroatoms. The SMILES string of the molecule is CCNC(=NCc1ccc(CS(C)(=O)=O)cc1)NC(C)c1ccc(Cl)cc1Cl. The second-order valence-corrected chi connectivity index (χ2v) is 9.60. The van der Waals surface area contributed by atoms with Crippen molar-refractivity contribution < 1.29 is 8.42 Å². The summed E-state index contributed by atoms with van der Waals surface area (Å²) >= 11 is 12.3. The van der Waals surface area contributed by atoms with Crippen molar-refractivity contribution in [1.82, 2.24) is 10.6 Å². The molecule has 1 unspecified atom stereocenters. The molecule has 0 aromatic heterocycles. The zero-order valence-corrected chi connectivity index (χ0v) is 18.5. The highest BCUT2D eigenvalue weighted by Crippen LogP contribution is 2.26. The first-order valence-corrected chi connectivity index (χ1v) is 11.7. The Morgan fingerprint density at radius 1 is 1.11 bits per heavy atom. The van der Waals surface area contributed by atoms with Gasteiger partial charge in [0.05, 0.1) is 18.3 Å². The van der Waals surface area contributed by atoms with Crippen LogP contribution in [0.15, 0.2) is 47.5 Å². The Bertz CT molecular complexity index is 929. The Morgan fingerprint density at radius 3 is 2.32 bits per heavy atom. The summed E-state index contributed by atoms with van der Waals surface area (Å²) in [6, 6.07) is 12.8. The van der Waals surface area contributed by atoms with Crippen molar-refractivity contribution in [2.24, 2.45) is 4.99 Å². The van der Waals surface area contributed by atoms with E-state index in [2.05, 4.69) is 15.6 Å². The van der Waals surface area contributed by atoms with Gasteiger partial charge in [-0.15, -0.1) is 0 Å². The highest BCUT2D eigenvalue weighted by atomic mass is 35.5. The van der Waals surface area contributed by atoms with Crippen LogP contribution < -0.4 is 10.6 Å². The molecule has 0 spiro atoms. The summed E-state index contributed by atoms with van der Waals surface area (Å²) in [7, 11) is -3.04. The number of benzene rings is 2. The van der Waals surface area contributed by atoms with E-state index in [-0.39, 0.29) is 11.8 Å². The third-order valence-corrected chi connectivity index (χ3v) is 5.42. The van der Waals surface area contributed by atoms with E-state index in [1.165, 1.54) is 6.26 Å². The van der Waals surface area contributed by atoms with Gasteiger partial charge in [-0.25, -0.2) is 13.4 Å². The van der Waals surface area contributed by atoms with Gasteiger partial charge in [0, 0.05) is 22.8 Å². The van der Waals surface area contributed by atoms with E-state index in [0.29, 0.717) is 22.5 Å². The van der Waals surface area contributed by atoms with Crippen LogP contribution >= 0.6 is 23.2 Å². The summed E-state index contributed by atoms with van der Waals surface area (Å²) in [5.41, 5.74) is 2.69. The standard InChI is InChI=1S/C20H25Cl2N3O2S/c1-4-23-20(25-14(2)18-10-9-17(21)11-19(18)22)24-12-15-5-7-16(8-6-15)13-28(3,26)27/h5-11,14H,4,12-13H2,1-3H3,(H2,23,24,25). The molecule has 2 N–H and O–H groups in total. The first-order valence-electron chi connectivity index (χ1n) is 8.93. The van der Waals surface area contributed by atoms with Gasteiger partial charge in [0.2, 0.25) is 0 Å². The van der Waals surface area contributed by atoms with Gasteiger partial charge in [0.25, 0.3) is 0 Å². The zero-order valence-electron chi connectivity index (χ0n) is 16.2. The Balaban J connectivity index is 2.07. The smallest absolute Gasteiger partial charge is 0.192 e. The van der Waals surface area contributed by atoms with E-state index in [1.54, 1.807) is 6.07 Å². The summed E-state index contributed by atoms with van der Waals surface area (Å²) in [5.74, 6) is 0.710. The summed E-state index contributed by atoms with van der Waals surface area (Å²) in [4.78, 5) is 4.61. The first kappa shape index (κ1) is 22.5. The zero-order chi connectivity index (χ0) is 20.7. The third-order valence-electron chi connectivity index (χ3n) is 4.00. The van der Waals surface area contributed by atoms with Crippen molar-refractivity contribution in [3.63, 3.8) is 0 Å². The number of sulfone groups is 1. The van der Waals surface area contributed by atoms with E-state index in [9.17, 15) is 8.42 Å². The van der Waals surface area contributed by atoms with E-state index in [1.807, 2.05) is 50.2 Å². The molecule has 2 rings (SSSR count). The number of aliphatic imine (C=N–C) groups is 1. The van der Waals surface area contributed by atoms with Crippen molar-refractivity contribution >= 4 is 39.0 Å². The molecule has 0 heterocycles. The Hall–Kier alpha value is -1.76. The molecular weight excluding hydrogens is 417 g/mol. The van der Waals surface area contributed by atoms with Crippen LogP contribution in [-0.2, 0) is 22.1 Å². The molecule has 28 heavy (non-hydrogen) atoms. The first-order chi connectivity index (χ1) is 13.2. The number of hydrogen-bond donors (Lipinski definition) is 2. The maximum Gasteiger partial charge on any atom is 0.192 e. The van der Waals surface area contributed by atoms with Gasteiger partial charge in [-0.1, -0.05) is 53.5 Å². The van der Waals surface area contributed by atoms with Gasteiger partial charge in [0.15, 0.2) is 15.8 Å². The van der Waals surface area contributed by atoms with Crippen LogP contribution in [0, 0.1) is 0 Å². The van der Waals surface area contributed by atoms with E-state index in [0.717, 1.165) is 23.2 Å². The molecule has 0 amide bonds. The molecule has 2 aromatic rings. The Labute approximate surface area is 177 Å². The lowest BCUT2D eigenvalue weighted by molar-refractivity contribution is 0.601. The average Bonchev–Trinajstić information content (AvgIpc) is 2.59. The average molecular weight is 442 g/mol. The molecule has 1 atom stereocenters. The minimum Gasteiger partial charge on any atom is -0.357 e. The van der Waals surface area contributed by atoms with Gasteiger partial charge in [-0.05, 0) is 42.7 Å². The van der Waals surface area contributed by atoms with Crippen LogP contribution in [0.25, 0.3) is 0 Å². The summed E-state index contributed by atoms with van der Waals surface area (Å²) in [5, 5.41) is 7.76. The predicted molar refractivity (Wildman–Crippen MR) is 118 cm³/mol. The highest BCUT2D eigenvalue weighted by molar-refractivity contribution is 7.89. The fraction of sp³-hybridized carbons (Fsp3) is 0.350. The number of halogens is 2. The van der Waals surface area contributed by atoms with Crippen molar-refractivity contribution in [3.05, 3.63) is 69.2 Å².